The highest BCUT2D eigenvalue weighted by Crippen LogP contribution is 2.38. The van der Waals surface area contributed by atoms with Crippen LogP contribution in [0.1, 0.15) is 31.8 Å². The summed E-state index contributed by atoms with van der Waals surface area (Å²) < 4.78 is 21.7. The topological polar surface area (TPSA) is 91.3 Å². The van der Waals surface area contributed by atoms with Gasteiger partial charge in [-0.2, -0.15) is 0 Å². The van der Waals surface area contributed by atoms with Crippen molar-refractivity contribution in [2.24, 2.45) is 0 Å². The van der Waals surface area contributed by atoms with Gasteiger partial charge in [-0.25, -0.2) is 9.59 Å². The molecule has 0 bridgehead atoms. The average Bonchev–Trinajstić information content (AvgIpc) is 3.15. The quantitative estimate of drug-likeness (QED) is 0.121. The lowest BCUT2D eigenvalue weighted by Crippen LogP contribution is -2.09. The Morgan fingerprint density at radius 3 is 1.24 bits per heavy atom. The fourth-order valence-electron chi connectivity index (χ4n) is 5.29. The fraction of sp³-hybridized carbons (Fsp3) is 0.116. The van der Waals surface area contributed by atoms with Gasteiger partial charge in [-0.15, -0.1) is 0 Å². The number of hydrogen-bond acceptors (Lipinski definition) is 6. The Balaban J connectivity index is 0.000000240. The molecule has 0 aliphatic heterocycles. The molecule has 7 heteroatoms. The van der Waals surface area contributed by atoms with Crippen LogP contribution in [-0.2, 0) is 0 Å². The smallest absolute Gasteiger partial charge is 0.343 e. The van der Waals surface area contributed by atoms with E-state index < -0.39 is 11.9 Å². The van der Waals surface area contributed by atoms with E-state index in [9.17, 15) is 9.59 Å². The lowest BCUT2D eigenvalue weighted by molar-refractivity contribution is 0.0694. The van der Waals surface area contributed by atoms with Gasteiger partial charge in [0.05, 0.1) is 32.5 Å². The molecule has 0 saturated heterocycles. The molecule has 0 fully saturated rings. The number of aromatic carboxylic acids is 1. The highest BCUT2D eigenvalue weighted by atomic mass is 16.5. The number of carboxylic acid groups (broad SMARTS) is 1. The molecule has 0 saturated carbocycles. The lowest BCUT2D eigenvalue weighted by atomic mass is 10.0. The molecule has 0 radical (unpaired) electrons. The number of esters is 1. The van der Waals surface area contributed by atoms with Crippen LogP contribution >= 0.6 is 0 Å². The van der Waals surface area contributed by atoms with E-state index in [2.05, 4.69) is 0 Å². The number of hydrogen-bond donors (Lipinski definition) is 1. The summed E-state index contributed by atoms with van der Waals surface area (Å²) in [6.45, 7) is 3.98. The molecule has 6 aromatic carbocycles. The molecule has 0 aromatic heterocycles. The Hall–Kier alpha value is -6.34. The van der Waals surface area contributed by atoms with Gasteiger partial charge in [-0.05, 0) is 108 Å². The van der Waals surface area contributed by atoms with Crippen LogP contribution in [0.15, 0.2) is 133 Å². The maximum absolute atomic E-state index is 13.0. The van der Waals surface area contributed by atoms with Gasteiger partial charge in [-0.1, -0.05) is 72.8 Å². The highest BCUT2D eigenvalue weighted by molar-refractivity contribution is 5.93. The molecular formula is C43H38O7. The number of carbonyl (C=O) groups is 2. The molecule has 1 N–H and O–H groups in total. The second kappa shape index (κ2) is 16.2. The van der Waals surface area contributed by atoms with E-state index in [4.69, 9.17) is 24.1 Å². The van der Waals surface area contributed by atoms with Crippen molar-refractivity contribution in [3.05, 3.63) is 156 Å². The molecule has 0 unspecified atom stereocenters. The highest BCUT2D eigenvalue weighted by Gasteiger charge is 2.16. The second-order valence-electron chi connectivity index (χ2n) is 11.5. The van der Waals surface area contributed by atoms with Crippen LogP contribution < -0.4 is 18.9 Å². The lowest BCUT2D eigenvalue weighted by Gasteiger charge is -2.15. The molecule has 50 heavy (non-hydrogen) atoms. The SMILES string of the molecule is COc1ccc(-c2ccc(C(=O)O)cc2)cc1.COc1ccc(-c2ccc(C(=O)Oc3cc(C)ccc3-c3ccc(C)cc3OC)cc2)cc1. The standard InChI is InChI=1S/C29H26O4.C14H12O3/c1-19-5-15-25(27(17-19)32-4)26-16-6-20(2)18-28(26)33-29(30)23-9-7-21(8-10-23)22-11-13-24(31-3)14-12-22;1-17-13-8-6-11(7-9-13)10-2-4-12(5-3-10)14(15)16/h5-18H,1-4H3;2-9H,1H3,(H,15,16). The predicted octanol–water partition coefficient (Wildman–Crippen LogP) is 9.93. The molecule has 7 nitrogen and oxygen atoms in total. The third kappa shape index (κ3) is 8.57. The van der Waals surface area contributed by atoms with Gasteiger partial charge in [0.15, 0.2) is 0 Å². The summed E-state index contributed by atoms with van der Waals surface area (Å²) in [7, 11) is 4.91. The number of methoxy groups -OCH3 is 3. The Labute approximate surface area is 292 Å². The summed E-state index contributed by atoms with van der Waals surface area (Å²) >= 11 is 0. The molecule has 0 amide bonds. The molecule has 6 rings (SSSR count). The van der Waals surface area contributed by atoms with E-state index in [1.165, 1.54) is 0 Å². The van der Waals surface area contributed by atoms with Crippen molar-refractivity contribution in [1.29, 1.82) is 0 Å². The molecule has 0 aliphatic rings. The largest absolute Gasteiger partial charge is 0.497 e. The van der Waals surface area contributed by atoms with Gasteiger partial charge in [-0.3, -0.25) is 0 Å². The Morgan fingerprint density at radius 1 is 0.460 bits per heavy atom. The van der Waals surface area contributed by atoms with Gasteiger partial charge in [0.1, 0.15) is 23.0 Å². The number of benzene rings is 6. The molecular weight excluding hydrogens is 628 g/mol. The zero-order chi connectivity index (χ0) is 35.6. The van der Waals surface area contributed by atoms with Crippen molar-refractivity contribution >= 4 is 11.9 Å². The first kappa shape index (κ1) is 35.0. The maximum atomic E-state index is 13.0. The number of carboxylic acids is 1. The second-order valence-corrected chi connectivity index (χ2v) is 11.5. The zero-order valence-corrected chi connectivity index (χ0v) is 28.6. The molecule has 0 aliphatic carbocycles. The molecule has 0 heterocycles. The van der Waals surface area contributed by atoms with E-state index in [1.807, 2.05) is 111 Å². The van der Waals surface area contributed by atoms with Crippen molar-refractivity contribution in [2.75, 3.05) is 21.3 Å². The van der Waals surface area contributed by atoms with Gasteiger partial charge < -0.3 is 24.1 Å². The first-order valence-electron chi connectivity index (χ1n) is 15.9. The predicted molar refractivity (Wildman–Crippen MR) is 197 cm³/mol. The van der Waals surface area contributed by atoms with Crippen LogP contribution in [0.4, 0.5) is 0 Å². The normalized spacial score (nSPS) is 10.3. The van der Waals surface area contributed by atoms with E-state index in [1.54, 1.807) is 57.7 Å². The van der Waals surface area contributed by atoms with Crippen LogP contribution in [0.5, 0.6) is 23.0 Å². The summed E-state index contributed by atoms with van der Waals surface area (Å²) in [6.07, 6.45) is 0. The number of rotatable bonds is 9. The number of carbonyl (C=O) groups excluding carboxylic acids is 1. The zero-order valence-electron chi connectivity index (χ0n) is 28.6. The minimum atomic E-state index is -0.911. The van der Waals surface area contributed by atoms with Crippen LogP contribution in [0, 0.1) is 13.8 Å². The number of ether oxygens (including phenoxy) is 4. The van der Waals surface area contributed by atoms with Crippen molar-refractivity contribution in [3.63, 3.8) is 0 Å². The van der Waals surface area contributed by atoms with Crippen molar-refractivity contribution in [2.45, 2.75) is 13.8 Å². The van der Waals surface area contributed by atoms with Crippen molar-refractivity contribution in [3.8, 4) is 56.4 Å². The van der Waals surface area contributed by atoms with E-state index >= 15 is 0 Å². The summed E-state index contributed by atoms with van der Waals surface area (Å²) in [5.41, 5.74) is 8.62. The number of aryl methyl sites for hydroxylation is 2. The fourth-order valence-corrected chi connectivity index (χ4v) is 5.29. The minimum absolute atomic E-state index is 0.294. The first-order chi connectivity index (χ1) is 24.2. The first-order valence-corrected chi connectivity index (χ1v) is 15.9. The minimum Gasteiger partial charge on any atom is -0.497 e. The average molecular weight is 667 g/mol. The van der Waals surface area contributed by atoms with E-state index in [0.717, 1.165) is 61.8 Å². The van der Waals surface area contributed by atoms with Gasteiger partial charge in [0.25, 0.3) is 0 Å². The maximum Gasteiger partial charge on any atom is 0.343 e. The van der Waals surface area contributed by atoms with Gasteiger partial charge in [0.2, 0.25) is 0 Å². The third-order valence-corrected chi connectivity index (χ3v) is 8.09. The van der Waals surface area contributed by atoms with Gasteiger partial charge >= 0.3 is 11.9 Å². The summed E-state index contributed by atoms with van der Waals surface area (Å²) in [5, 5.41) is 8.80. The van der Waals surface area contributed by atoms with Crippen LogP contribution in [0.2, 0.25) is 0 Å². The van der Waals surface area contributed by atoms with E-state index in [0.29, 0.717) is 16.9 Å². The Kier molecular flexibility index (Phi) is 11.3. The molecule has 0 spiro atoms. The van der Waals surface area contributed by atoms with Crippen molar-refractivity contribution < 1.29 is 33.6 Å². The summed E-state index contributed by atoms with van der Waals surface area (Å²) in [4.78, 5) is 23.7. The summed E-state index contributed by atoms with van der Waals surface area (Å²) in [6, 6.07) is 41.4. The van der Waals surface area contributed by atoms with Gasteiger partial charge in [0, 0.05) is 11.1 Å². The molecule has 252 valence electrons. The van der Waals surface area contributed by atoms with Crippen LogP contribution in [0.3, 0.4) is 0 Å². The third-order valence-electron chi connectivity index (χ3n) is 8.09. The molecule has 6 aromatic rings. The summed E-state index contributed by atoms with van der Waals surface area (Å²) in [5.74, 6) is 1.52. The monoisotopic (exact) mass is 666 g/mol. The Bertz CT molecular complexity index is 2060. The van der Waals surface area contributed by atoms with Crippen molar-refractivity contribution in [1.82, 2.24) is 0 Å². The Morgan fingerprint density at radius 2 is 0.840 bits per heavy atom. The molecule has 0 atom stereocenters. The van der Waals surface area contributed by atoms with Crippen LogP contribution in [-0.4, -0.2) is 38.4 Å². The van der Waals surface area contributed by atoms with Crippen LogP contribution in [0.25, 0.3) is 33.4 Å². The van der Waals surface area contributed by atoms with E-state index in [-0.39, 0.29) is 0 Å².